The molecule has 2 N–H and O–H groups in total. The Morgan fingerprint density at radius 3 is 3.00 bits per heavy atom. The number of carbonyl (C=O) groups excluding carboxylic acids is 1. The third-order valence-electron chi connectivity index (χ3n) is 3.21. The molecule has 5 nitrogen and oxygen atoms in total. The summed E-state index contributed by atoms with van der Waals surface area (Å²) in [4.78, 5) is 12.2. The van der Waals surface area contributed by atoms with Crippen molar-refractivity contribution in [3.8, 4) is 0 Å². The minimum atomic E-state index is -0.0608. The molecule has 0 saturated heterocycles. The second kappa shape index (κ2) is 6.43. The molecule has 1 aliphatic heterocycles. The van der Waals surface area contributed by atoms with Crippen molar-refractivity contribution in [2.75, 3.05) is 19.6 Å². The van der Waals surface area contributed by atoms with E-state index in [-0.39, 0.29) is 5.91 Å². The molecule has 5 heteroatoms. The van der Waals surface area contributed by atoms with Gasteiger partial charge in [-0.15, -0.1) is 0 Å². The maximum Gasteiger partial charge on any atom is 0.253 e. The molecular weight excluding hydrogens is 240 g/mol. The average molecular weight is 260 g/mol. The quantitative estimate of drug-likeness (QED) is 0.793. The summed E-state index contributed by atoms with van der Waals surface area (Å²) in [5.74, 6) is -0.0608. The van der Waals surface area contributed by atoms with Crippen LogP contribution in [0.5, 0.6) is 0 Å². The van der Waals surface area contributed by atoms with Crippen molar-refractivity contribution in [3.63, 3.8) is 0 Å². The average Bonchev–Trinajstić information content (AvgIpc) is 2.46. The highest BCUT2D eigenvalue weighted by Gasteiger charge is 2.13. The molecule has 0 atom stereocenters. The number of nitrogens with one attached hydrogen (secondary N) is 2. The highest BCUT2D eigenvalue weighted by Crippen LogP contribution is 2.08. The molecule has 0 unspecified atom stereocenters. The Kier molecular flexibility index (Phi) is 4.63. The van der Waals surface area contributed by atoms with Gasteiger partial charge in [0.25, 0.3) is 5.91 Å². The summed E-state index contributed by atoms with van der Waals surface area (Å²) in [5, 5.41) is 14.3. The van der Waals surface area contributed by atoms with Gasteiger partial charge < -0.3 is 10.6 Å². The Morgan fingerprint density at radius 2 is 2.32 bits per heavy atom. The van der Waals surface area contributed by atoms with Crippen LogP contribution >= 0.6 is 0 Å². The van der Waals surface area contributed by atoms with Gasteiger partial charge in [-0.05, 0) is 32.4 Å². The van der Waals surface area contributed by atoms with Crippen molar-refractivity contribution in [2.45, 2.75) is 26.7 Å². The van der Waals surface area contributed by atoms with E-state index in [2.05, 4.69) is 26.9 Å². The lowest BCUT2D eigenvalue weighted by molar-refractivity contribution is 0.0955. The van der Waals surface area contributed by atoms with Gasteiger partial charge in [-0.25, -0.2) is 0 Å². The number of aromatic nitrogens is 2. The van der Waals surface area contributed by atoms with Crippen molar-refractivity contribution in [2.24, 2.45) is 0 Å². The molecule has 0 aliphatic carbocycles. The molecule has 2 rings (SSSR count). The Morgan fingerprint density at radius 1 is 1.47 bits per heavy atom. The zero-order valence-corrected chi connectivity index (χ0v) is 11.5. The first-order valence-electron chi connectivity index (χ1n) is 6.70. The molecule has 1 amide bonds. The number of aryl methyl sites for hydroxylation is 2. The first kappa shape index (κ1) is 13.7. The summed E-state index contributed by atoms with van der Waals surface area (Å²) in [5.41, 5.74) is 3.44. The van der Waals surface area contributed by atoms with E-state index in [4.69, 9.17) is 0 Å². The van der Waals surface area contributed by atoms with Gasteiger partial charge in [0.2, 0.25) is 0 Å². The second-order valence-electron chi connectivity index (χ2n) is 4.70. The number of rotatable bonds is 4. The van der Waals surface area contributed by atoms with Crippen LogP contribution in [0.3, 0.4) is 0 Å². The van der Waals surface area contributed by atoms with E-state index in [1.54, 1.807) is 6.07 Å². The first-order chi connectivity index (χ1) is 9.20. The number of hydrogen-bond donors (Lipinski definition) is 2. The fourth-order valence-electron chi connectivity index (χ4n) is 2.09. The van der Waals surface area contributed by atoms with Crippen molar-refractivity contribution < 1.29 is 4.79 Å². The van der Waals surface area contributed by atoms with Crippen molar-refractivity contribution in [1.82, 2.24) is 20.8 Å². The molecule has 2 heterocycles. The molecular formula is C14H20N4O. The van der Waals surface area contributed by atoms with Crippen LogP contribution in [0.2, 0.25) is 0 Å². The number of nitrogens with zero attached hydrogens (tertiary/aromatic N) is 2. The summed E-state index contributed by atoms with van der Waals surface area (Å²) in [6, 6.07) is 1.80. The summed E-state index contributed by atoms with van der Waals surface area (Å²) in [6.45, 7) is 6.31. The zero-order valence-electron chi connectivity index (χ0n) is 11.5. The van der Waals surface area contributed by atoms with Gasteiger partial charge >= 0.3 is 0 Å². The Bertz CT molecular complexity index is 496. The maximum absolute atomic E-state index is 12.2. The third-order valence-corrected chi connectivity index (χ3v) is 3.21. The van der Waals surface area contributed by atoms with E-state index in [9.17, 15) is 4.79 Å². The monoisotopic (exact) mass is 260 g/mol. The predicted octanol–water partition coefficient (Wildman–Crippen LogP) is 0.997. The smallest absolute Gasteiger partial charge is 0.253 e. The number of hydrogen-bond acceptors (Lipinski definition) is 4. The lowest BCUT2D eigenvalue weighted by Gasteiger charge is -2.15. The van der Waals surface area contributed by atoms with Crippen LogP contribution in [0.1, 0.15) is 35.1 Å². The van der Waals surface area contributed by atoms with Crippen LogP contribution in [0.25, 0.3) is 0 Å². The van der Waals surface area contributed by atoms with Gasteiger partial charge in [-0.2, -0.15) is 10.2 Å². The Labute approximate surface area is 113 Å². The lowest BCUT2D eigenvalue weighted by atomic mass is 10.1. The van der Waals surface area contributed by atoms with E-state index in [1.165, 1.54) is 5.57 Å². The third kappa shape index (κ3) is 3.61. The van der Waals surface area contributed by atoms with E-state index >= 15 is 0 Å². The SMILES string of the molecule is CCc1nnc(C)cc1C(=O)NCC1=CCNCC1. The Hall–Kier alpha value is -1.75. The van der Waals surface area contributed by atoms with Crippen LogP contribution in [0.4, 0.5) is 0 Å². The normalized spacial score (nSPS) is 14.9. The van der Waals surface area contributed by atoms with Gasteiger partial charge in [-0.3, -0.25) is 4.79 Å². The molecule has 19 heavy (non-hydrogen) atoms. The van der Waals surface area contributed by atoms with E-state index in [1.807, 2.05) is 13.8 Å². The van der Waals surface area contributed by atoms with Crippen LogP contribution < -0.4 is 10.6 Å². The minimum Gasteiger partial charge on any atom is -0.348 e. The highest BCUT2D eigenvalue weighted by atomic mass is 16.1. The number of carbonyl (C=O) groups is 1. The number of amides is 1. The minimum absolute atomic E-state index is 0.0608. The first-order valence-corrected chi connectivity index (χ1v) is 6.70. The van der Waals surface area contributed by atoms with E-state index in [0.717, 1.165) is 30.9 Å². The summed E-state index contributed by atoms with van der Waals surface area (Å²) >= 11 is 0. The fourth-order valence-corrected chi connectivity index (χ4v) is 2.09. The van der Waals surface area contributed by atoms with Crippen LogP contribution in [-0.2, 0) is 6.42 Å². The highest BCUT2D eigenvalue weighted by molar-refractivity contribution is 5.95. The van der Waals surface area contributed by atoms with Crippen LogP contribution in [-0.4, -0.2) is 35.7 Å². The summed E-state index contributed by atoms with van der Waals surface area (Å²) in [7, 11) is 0. The van der Waals surface area contributed by atoms with E-state index in [0.29, 0.717) is 18.5 Å². The molecule has 0 fully saturated rings. The summed E-state index contributed by atoms with van der Waals surface area (Å²) in [6.07, 6.45) is 3.84. The maximum atomic E-state index is 12.2. The molecule has 102 valence electrons. The van der Waals surface area contributed by atoms with E-state index < -0.39 is 0 Å². The molecule has 0 saturated carbocycles. The molecule has 0 spiro atoms. The molecule has 0 radical (unpaired) electrons. The largest absolute Gasteiger partial charge is 0.348 e. The Balaban J connectivity index is 2.03. The molecule has 0 aromatic carbocycles. The van der Waals surface area contributed by atoms with Crippen LogP contribution in [0.15, 0.2) is 17.7 Å². The topological polar surface area (TPSA) is 66.9 Å². The zero-order chi connectivity index (χ0) is 13.7. The molecule has 1 aromatic heterocycles. The van der Waals surface area contributed by atoms with Crippen molar-refractivity contribution in [3.05, 3.63) is 34.7 Å². The summed E-state index contributed by atoms with van der Waals surface area (Å²) < 4.78 is 0. The van der Waals surface area contributed by atoms with Crippen molar-refractivity contribution in [1.29, 1.82) is 0 Å². The van der Waals surface area contributed by atoms with Gasteiger partial charge in [0.15, 0.2) is 0 Å². The van der Waals surface area contributed by atoms with Gasteiger partial charge in [0, 0.05) is 13.1 Å². The van der Waals surface area contributed by atoms with Gasteiger partial charge in [0.05, 0.1) is 17.0 Å². The lowest BCUT2D eigenvalue weighted by Crippen LogP contribution is -2.30. The molecule has 1 aliphatic rings. The second-order valence-corrected chi connectivity index (χ2v) is 4.70. The predicted molar refractivity (Wildman–Crippen MR) is 74.0 cm³/mol. The van der Waals surface area contributed by atoms with Crippen molar-refractivity contribution >= 4 is 5.91 Å². The van der Waals surface area contributed by atoms with Gasteiger partial charge in [0.1, 0.15) is 0 Å². The fraction of sp³-hybridized carbons (Fsp3) is 0.500. The van der Waals surface area contributed by atoms with Gasteiger partial charge in [-0.1, -0.05) is 18.6 Å². The van der Waals surface area contributed by atoms with Crippen LogP contribution in [0, 0.1) is 6.92 Å². The standard InChI is InChI=1S/C14H20N4O/c1-3-13-12(8-10(2)17-18-13)14(19)16-9-11-4-6-15-7-5-11/h4,8,15H,3,5-7,9H2,1-2H3,(H,16,19). The molecule has 1 aromatic rings. The molecule has 0 bridgehead atoms.